The molecule has 0 fully saturated rings. The smallest absolute Gasteiger partial charge is 0.308 e. The molecular formula is C21H15ClN4O3. The van der Waals surface area contributed by atoms with Crippen LogP contribution in [0.5, 0.6) is 0 Å². The zero-order valence-corrected chi connectivity index (χ0v) is 16.0. The minimum atomic E-state index is -0.608. The first-order valence-corrected chi connectivity index (χ1v) is 9.09. The average molecular weight is 407 g/mol. The minimum absolute atomic E-state index is 0.000794. The van der Waals surface area contributed by atoms with E-state index in [1.807, 2.05) is 36.4 Å². The summed E-state index contributed by atoms with van der Waals surface area (Å²) in [6.07, 6.45) is 0. The Bertz CT molecular complexity index is 1240. The Kier molecular flexibility index (Phi) is 4.97. The monoisotopic (exact) mass is 406 g/mol. The normalized spacial score (nSPS) is 10.7. The predicted octanol–water partition coefficient (Wildman–Crippen LogP) is 3.93. The summed E-state index contributed by atoms with van der Waals surface area (Å²) in [5.41, 5.74) is 7.53. The van der Waals surface area contributed by atoms with Crippen LogP contribution in [0.1, 0.15) is 26.6 Å². The van der Waals surface area contributed by atoms with Crippen LogP contribution in [0.4, 0.5) is 0 Å². The van der Waals surface area contributed by atoms with Crippen LogP contribution in [0.25, 0.3) is 22.2 Å². The highest BCUT2D eigenvalue weighted by molar-refractivity contribution is 6.33. The second-order valence-electron chi connectivity index (χ2n) is 6.29. The molecule has 0 radical (unpaired) electrons. The number of nitrogens with zero attached hydrogens (tertiary/aromatic N) is 2. The number of amides is 2. The number of carbonyl (C=O) groups is 2. The highest BCUT2D eigenvalue weighted by Gasteiger charge is 2.17. The fourth-order valence-corrected chi connectivity index (χ4v) is 3.12. The molecular weight excluding hydrogens is 392 g/mol. The molecule has 0 aliphatic carbocycles. The molecule has 2 N–H and O–H groups in total. The van der Waals surface area contributed by atoms with E-state index in [1.165, 1.54) is 6.07 Å². The summed E-state index contributed by atoms with van der Waals surface area (Å²) in [4.78, 5) is 29.6. The first-order chi connectivity index (χ1) is 14.0. The van der Waals surface area contributed by atoms with Crippen molar-refractivity contribution in [3.8, 4) is 11.3 Å². The summed E-state index contributed by atoms with van der Waals surface area (Å²) in [6.45, 7) is 1.69. The molecule has 2 amide bonds. The number of benzene rings is 2. The topological polar surface area (TPSA) is 97.1 Å². The molecule has 0 spiro atoms. The molecule has 2 aromatic carbocycles. The molecule has 0 atom stereocenters. The van der Waals surface area contributed by atoms with Gasteiger partial charge in [-0.1, -0.05) is 53.2 Å². The minimum Gasteiger partial charge on any atom is -0.351 e. The van der Waals surface area contributed by atoms with Crippen LogP contribution in [0, 0.1) is 6.92 Å². The van der Waals surface area contributed by atoms with Gasteiger partial charge in [0.2, 0.25) is 5.76 Å². The number of nitrogens with one attached hydrogen (secondary N) is 2. The summed E-state index contributed by atoms with van der Waals surface area (Å²) >= 11 is 6.30. The lowest BCUT2D eigenvalue weighted by Crippen LogP contribution is -2.41. The largest absolute Gasteiger partial charge is 0.351 e. The van der Waals surface area contributed by atoms with Gasteiger partial charge in [0, 0.05) is 22.0 Å². The van der Waals surface area contributed by atoms with Crippen molar-refractivity contribution < 1.29 is 14.1 Å². The summed E-state index contributed by atoms with van der Waals surface area (Å²) < 4.78 is 4.89. The van der Waals surface area contributed by atoms with E-state index in [0.29, 0.717) is 38.4 Å². The van der Waals surface area contributed by atoms with Crippen LogP contribution in [-0.2, 0) is 0 Å². The molecule has 144 valence electrons. The van der Waals surface area contributed by atoms with Crippen LogP contribution in [-0.4, -0.2) is 22.0 Å². The van der Waals surface area contributed by atoms with E-state index in [4.69, 9.17) is 16.1 Å². The van der Waals surface area contributed by atoms with Crippen molar-refractivity contribution in [2.24, 2.45) is 0 Å². The Morgan fingerprint density at radius 3 is 2.45 bits per heavy atom. The van der Waals surface area contributed by atoms with Gasteiger partial charge in [-0.2, -0.15) is 0 Å². The third-order valence-corrected chi connectivity index (χ3v) is 4.58. The van der Waals surface area contributed by atoms with Crippen LogP contribution in [0.2, 0.25) is 5.02 Å². The van der Waals surface area contributed by atoms with Gasteiger partial charge in [-0.15, -0.1) is 0 Å². The van der Waals surface area contributed by atoms with Crippen LogP contribution < -0.4 is 10.9 Å². The van der Waals surface area contributed by atoms with E-state index in [-0.39, 0.29) is 5.76 Å². The molecule has 4 rings (SSSR count). The number of halogens is 1. The van der Waals surface area contributed by atoms with Crippen molar-refractivity contribution in [3.63, 3.8) is 0 Å². The van der Waals surface area contributed by atoms with Crippen molar-refractivity contribution in [1.82, 2.24) is 21.0 Å². The van der Waals surface area contributed by atoms with E-state index >= 15 is 0 Å². The molecule has 8 heteroatoms. The highest BCUT2D eigenvalue weighted by atomic mass is 35.5. The lowest BCUT2D eigenvalue weighted by atomic mass is 10.0. The van der Waals surface area contributed by atoms with Crippen molar-refractivity contribution >= 4 is 34.3 Å². The van der Waals surface area contributed by atoms with Crippen LogP contribution in [0.3, 0.4) is 0 Å². The standard InChI is InChI=1S/C21H15ClN4O3/c1-12-10-19(29-26-12)21(28)25-24-20(27)15-11-18(14-7-2-4-8-16(14)22)23-17-9-5-3-6-13(15)17/h2-11H,1H3,(H,24,27)(H,25,28). The number of rotatable bonds is 3. The van der Waals surface area contributed by atoms with Gasteiger partial charge in [0.1, 0.15) is 0 Å². The number of carbonyl (C=O) groups excluding carboxylic acids is 2. The van der Waals surface area contributed by atoms with E-state index in [1.54, 1.807) is 25.1 Å². The Balaban J connectivity index is 1.67. The van der Waals surface area contributed by atoms with Gasteiger partial charge in [-0.3, -0.25) is 20.4 Å². The summed E-state index contributed by atoms with van der Waals surface area (Å²) in [5.74, 6) is -1.11. The van der Waals surface area contributed by atoms with Gasteiger partial charge in [-0.25, -0.2) is 4.98 Å². The Morgan fingerprint density at radius 1 is 0.966 bits per heavy atom. The number of fused-ring (bicyclic) bond motifs is 1. The van der Waals surface area contributed by atoms with Crippen LogP contribution in [0.15, 0.2) is 65.2 Å². The molecule has 0 saturated heterocycles. The second kappa shape index (κ2) is 7.73. The van der Waals surface area contributed by atoms with Gasteiger partial charge in [0.05, 0.1) is 22.5 Å². The lowest BCUT2D eigenvalue weighted by Gasteiger charge is -2.11. The quantitative estimate of drug-likeness (QED) is 0.502. The molecule has 0 aliphatic rings. The van der Waals surface area contributed by atoms with E-state index in [2.05, 4.69) is 21.0 Å². The van der Waals surface area contributed by atoms with Gasteiger partial charge in [-0.05, 0) is 25.1 Å². The Labute approximate surface area is 170 Å². The molecule has 2 heterocycles. The summed E-state index contributed by atoms with van der Waals surface area (Å²) in [5, 5.41) is 4.82. The van der Waals surface area contributed by atoms with Gasteiger partial charge >= 0.3 is 5.91 Å². The predicted molar refractivity (Wildman–Crippen MR) is 108 cm³/mol. The number of pyridine rings is 1. The fourth-order valence-electron chi connectivity index (χ4n) is 2.88. The van der Waals surface area contributed by atoms with Gasteiger partial charge < -0.3 is 4.52 Å². The Hall–Kier alpha value is -3.71. The first-order valence-electron chi connectivity index (χ1n) is 8.71. The molecule has 0 unspecified atom stereocenters. The summed E-state index contributed by atoms with van der Waals surface area (Å²) in [7, 11) is 0. The van der Waals surface area contributed by atoms with Crippen molar-refractivity contribution in [2.75, 3.05) is 0 Å². The summed E-state index contributed by atoms with van der Waals surface area (Å²) in [6, 6.07) is 17.6. The fraction of sp³-hybridized carbons (Fsp3) is 0.0476. The van der Waals surface area contributed by atoms with E-state index in [9.17, 15) is 9.59 Å². The molecule has 0 saturated carbocycles. The molecule has 2 aromatic heterocycles. The maximum Gasteiger partial charge on any atom is 0.308 e. The number of aryl methyl sites for hydroxylation is 1. The maximum absolute atomic E-state index is 12.8. The van der Waals surface area contributed by atoms with Gasteiger partial charge in [0.25, 0.3) is 5.91 Å². The lowest BCUT2D eigenvalue weighted by molar-refractivity contribution is 0.0826. The number of aromatic nitrogens is 2. The molecule has 0 aliphatic heterocycles. The third kappa shape index (κ3) is 3.81. The first kappa shape index (κ1) is 18.6. The number of hydrogen-bond acceptors (Lipinski definition) is 5. The van der Waals surface area contributed by atoms with Crippen LogP contribution >= 0.6 is 11.6 Å². The number of para-hydroxylation sites is 1. The van der Waals surface area contributed by atoms with E-state index in [0.717, 1.165) is 0 Å². The molecule has 7 nitrogen and oxygen atoms in total. The number of hydrazine groups is 1. The van der Waals surface area contributed by atoms with E-state index < -0.39 is 11.8 Å². The Morgan fingerprint density at radius 2 is 1.69 bits per heavy atom. The maximum atomic E-state index is 12.8. The highest BCUT2D eigenvalue weighted by Crippen LogP contribution is 2.29. The molecule has 0 bridgehead atoms. The molecule has 4 aromatic rings. The van der Waals surface area contributed by atoms with Gasteiger partial charge in [0.15, 0.2) is 0 Å². The average Bonchev–Trinajstić information content (AvgIpc) is 3.17. The van der Waals surface area contributed by atoms with Crippen molar-refractivity contribution in [3.05, 3.63) is 82.7 Å². The second-order valence-corrected chi connectivity index (χ2v) is 6.70. The zero-order valence-electron chi connectivity index (χ0n) is 15.3. The number of hydrogen-bond donors (Lipinski definition) is 2. The molecule has 29 heavy (non-hydrogen) atoms. The third-order valence-electron chi connectivity index (χ3n) is 4.25. The van der Waals surface area contributed by atoms with Crippen molar-refractivity contribution in [1.29, 1.82) is 0 Å². The van der Waals surface area contributed by atoms with Crippen molar-refractivity contribution in [2.45, 2.75) is 6.92 Å². The SMILES string of the molecule is Cc1cc(C(=O)NNC(=O)c2cc(-c3ccccc3Cl)nc3ccccc23)on1. The zero-order chi connectivity index (χ0) is 20.4.